The summed E-state index contributed by atoms with van der Waals surface area (Å²) < 4.78 is 0. The third-order valence-corrected chi connectivity index (χ3v) is 11.8. The summed E-state index contributed by atoms with van der Waals surface area (Å²) in [6, 6.07) is 0. The third kappa shape index (κ3) is 20.6. The molecule has 29 heavy (non-hydrogen) atoms. The standard InChI is InChI=1S/C27H58P.BrH/c1-5-9-12-15-18-21-25-28(24-8-4,26-22-19-16-13-10-6-2)27-23-20-17-14-11-7-3;/h5-27H2,1-4H3;1H/q+1;/p-1. The van der Waals surface area contributed by atoms with Crippen LogP contribution in [-0.4, -0.2) is 24.6 Å². The van der Waals surface area contributed by atoms with Crippen molar-refractivity contribution in [2.45, 2.75) is 150 Å². The molecule has 0 saturated heterocycles. The van der Waals surface area contributed by atoms with Crippen LogP contribution in [0.25, 0.3) is 0 Å². The fraction of sp³-hybridized carbons (Fsp3) is 1.00. The van der Waals surface area contributed by atoms with E-state index in [0.29, 0.717) is 0 Å². The Kier molecular flexibility index (Phi) is 27.9. The van der Waals surface area contributed by atoms with E-state index in [-0.39, 0.29) is 17.0 Å². The number of hydrogen-bond acceptors (Lipinski definition) is 0. The maximum absolute atomic E-state index is 2.46. The van der Waals surface area contributed by atoms with E-state index in [4.69, 9.17) is 0 Å². The highest BCUT2D eigenvalue weighted by atomic mass is 79.9. The highest BCUT2D eigenvalue weighted by Gasteiger charge is 2.34. The molecule has 0 aromatic heterocycles. The summed E-state index contributed by atoms with van der Waals surface area (Å²) in [5, 5.41) is 0. The predicted molar refractivity (Wildman–Crippen MR) is 137 cm³/mol. The van der Waals surface area contributed by atoms with E-state index in [1.165, 1.54) is 103 Å². The third-order valence-electron chi connectivity index (χ3n) is 6.66. The lowest BCUT2D eigenvalue weighted by Crippen LogP contribution is -3.00. The van der Waals surface area contributed by atoms with Gasteiger partial charge in [-0.2, -0.15) is 0 Å². The second-order valence-electron chi connectivity index (χ2n) is 9.54. The minimum Gasteiger partial charge on any atom is -1.00 e. The monoisotopic (exact) mass is 492 g/mol. The predicted octanol–water partition coefficient (Wildman–Crippen LogP) is 7.50. The molecule has 0 atom stereocenters. The van der Waals surface area contributed by atoms with Crippen molar-refractivity contribution in [3.63, 3.8) is 0 Å². The molecule has 0 saturated carbocycles. The van der Waals surface area contributed by atoms with Gasteiger partial charge in [0.2, 0.25) is 0 Å². The first kappa shape index (κ1) is 32.1. The molecule has 0 aliphatic carbocycles. The molecule has 0 nitrogen and oxygen atoms in total. The van der Waals surface area contributed by atoms with Crippen molar-refractivity contribution in [1.82, 2.24) is 0 Å². The maximum Gasteiger partial charge on any atom is 0.0594 e. The zero-order valence-electron chi connectivity index (χ0n) is 21.1. The Labute approximate surface area is 198 Å². The second-order valence-corrected chi connectivity index (χ2v) is 14.0. The van der Waals surface area contributed by atoms with Gasteiger partial charge in [-0.05, 0) is 44.9 Å². The maximum atomic E-state index is 2.46. The quantitative estimate of drug-likeness (QED) is 0.102. The molecular weight excluding hydrogens is 435 g/mol. The van der Waals surface area contributed by atoms with Crippen LogP contribution in [0.5, 0.6) is 0 Å². The summed E-state index contributed by atoms with van der Waals surface area (Å²) in [6.45, 7) is 9.45. The van der Waals surface area contributed by atoms with Gasteiger partial charge in [0, 0.05) is 7.26 Å². The van der Waals surface area contributed by atoms with E-state index in [1.54, 1.807) is 43.9 Å². The van der Waals surface area contributed by atoms with Gasteiger partial charge in [-0.1, -0.05) is 105 Å². The fourth-order valence-electron chi connectivity index (χ4n) is 4.83. The molecule has 0 aliphatic heterocycles. The number of hydrogen-bond donors (Lipinski definition) is 0. The van der Waals surface area contributed by atoms with Gasteiger partial charge in [0.1, 0.15) is 0 Å². The van der Waals surface area contributed by atoms with E-state index >= 15 is 0 Å². The zero-order chi connectivity index (χ0) is 20.8. The first-order chi connectivity index (χ1) is 13.7. The van der Waals surface area contributed by atoms with Crippen molar-refractivity contribution in [2.75, 3.05) is 24.6 Å². The lowest BCUT2D eigenvalue weighted by molar-refractivity contribution is -0.00000646. The van der Waals surface area contributed by atoms with Crippen LogP contribution in [0.4, 0.5) is 0 Å². The number of halogens is 1. The summed E-state index contributed by atoms with van der Waals surface area (Å²) in [6.07, 6.45) is 34.5. The summed E-state index contributed by atoms with van der Waals surface area (Å²) in [7, 11) is -0.663. The van der Waals surface area contributed by atoms with E-state index in [0.717, 1.165) is 0 Å². The molecule has 2 heteroatoms. The van der Waals surface area contributed by atoms with Crippen LogP contribution in [-0.2, 0) is 0 Å². The van der Waals surface area contributed by atoms with E-state index in [9.17, 15) is 0 Å². The van der Waals surface area contributed by atoms with Crippen molar-refractivity contribution in [3.8, 4) is 0 Å². The van der Waals surface area contributed by atoms with Crippen LogP contribution < -0.4 is 17.0 Å². The van der Waals surface area contributed by atoms with Crippen molar-refractivity contribution >= 4 is 7.26 Å². The Morgan fingerprint density at radius 1 is 0.310 bits per heavy atom. The van der Waals surface area contributed by atoms with E-state index < -0.39 is 7.26 Å². The van der Waals surface area contributed by atoms with Gasteiger partial charge in [-0.15, -0.1) is 0 Å². The van der Waals surface area contributed by atoms with Crippen molar-refractivity contribution in [1.29, 1.82) is 0 Å². The van der Waals surface area contributed by atoms with Crippen LogP contribution in [0.1, 0.15) is 150 Å². The van der Waals surface area contributed by atoms with Crippen LogP contribution in [0.3, 0.4) is 0 Å². The van der Waals surface area contributed by atoms with Crippen molar-refractivity contribution in [3.05, 3.63) is 0 Å². The van der Waals surface area contributed by atoms with E-state index in [2.05, 4.69) is 27.7 Å². The average Bonchev–Trinajstić information content (AvgIpc) is 2.70. The highest BCUT2D eigenvalue weighted by Crippen LogP contribution is 2.61. The van der Waals surface area contributed by atoms with Gasteiger partial charge in [-0.3, -0.25) is 0 Å². The molecule has 0 heterocycles. The molecule has 0 N–H and O–H groups in total. The summed E-state index contributed by atoms with van der Waals surface area (Å²) >= 11 is 0. The average molecular weight is 494 g/mol. The Balaban J connectivity index is 0. The summed E-state index contributed by atoms with van der Waals surface area (Å²) in [5.41, 5.74) is 0. The van der Waals surface area contributed by atoms with E-state index in [1.807, 2.05) is 0 Å². The van der Waals surface area contributed by atoms with Gasteiger partial charge in [0.15, 0.2) is 0 Å². The van der Waals surface area contributed by atoms with Crippen LogP contribution in [0, 0.1) is 0 Å². The topological polar surface area (TPSA) is 0 Å². The normalized spacial score (nSPS) is 11.6. The molecule has 0 fully saturated rings. The molecule has 0 radical (unpaired) electrons. The van der Waals surface area contributed by atoms with Gasteiger partial charge in [-0.25, -0.2) is 0 Å². The molecule has 0 aliphatic rings. The minimum absolute atomic E-state index is 0. The molecular formula is C27H58BrP. The van der Waals surface area contributed by atoms with Crippen LogP contribution in [0.2, 0.25) is 0 Å². The van der Waals surface area contributed by atoms with Crippen molar-refractivity contribution < 1.29 is 17.0 Å². The van der Waals surface area contributed by atoms with Crippen LogP contribution in [0.15, 0.2) is 0 Å². The first-order valence-electron chi connectivity index (χ1n) is 13.6. The molecule has 178 valence electrons. The minimum atomic E-state index is -0.663. The van der Waals surface area contributed by atoms with Gasteiger partial charge < -0.3 is 17.0 Å². The fourth-order valence-corrected chi connectivity index (χ4v) is 9.80. The largest absolute Gasteiger partial charge is 1.00 e. The molecule has 0 unspecified atom stereocenters. The van der Waals surface area contributed by atoms with Crippen molar-refractivity contribution in [2.24, 2.45) is 0 Å². The number of unbranched alkanes of at least 4 members (excludes halogenated alkanes) is 15. The molecule has 0 bridgehead atoms. The lowest BCUT2D eigenvalue weighted by Gasteiger charge is -2.28. The highest BCUT2D eigenvalue weighted by molar-refractivity contribution is 7.75. The summed E-state index contributed by atoms with van der Waals surface area (Å²) in [5.74, 6) is 0. The first-order valence-corrected chi connectivity index (χ1v) is 16.1. The Morgan fingerprint density at radius 2 is 0.586 bits per heavy atom. The van der Waals surface area contributed by atoms with Gasteiger partial charge >= 0.3 is 0 Å². The second kappa shape index (κ2) is 25.2. The molecule has 0 aromatic carbocycles. The Morgan fingerprint density at radius 3 is 0.862 bits per heavy atom. The SMILES string of the molecule is CCCCCCCC[P+](CCC)(CCCCCCCC)CCCCCCCC.[Br-]. The Hall–Kier alpha value is 0.910. The lowest BCUT2D eigenvalue weighted by atomic mass is 10.1. The van der Waals surface area contributed by atoms with Crippen LogP contribution >= 0.6 is 7.26 Å². The van der Waals surface area contributed by atoms with Gasteiger partial charge in [0.05, 0.1) is 24.6 Å². The smallest absolute Gasteiger partial charge is 0.0594 e. The Bertz CT molecular complexity index is 251. The molecule has 0 amide bonds. The zero-order valence-corrected chi connectivity index (χ0v) is 23.6. The molecule has 0 rings (SSSR count). The van der Waals surface area contributed by atoms with Gasteiger partial charge in [0.25, 0.3) is 0 Å². The summed E-state index contributed by atoms with van der Waals surface area (Å²) in [4.78, 5) is 0. The number of rotatable bonds is 23. The molecule has 0 aromatic rings. The molecule has 0 spiro atoms.